The SMILES string of the molecule is CCC1(CC)CC(C)(C#N)C1. The maximum Gasteiger partial charge on any atom is 0.0687 e. The minimum atomic E-state index is 0.00597. The Morgan fingerprint density at radius 1 is 1.27 bits per heavy atom. The van der Waals surface area contributed by atoms with E-state index in [1.54, 1.807) is 0 Å². The lowest BCUT2D eigenvalue weighted by atomic mass is 9.52. The van der Waals surface area contributed by atoms with Gasteiger partial charge in [-0.25, -0.2) is 0 Å². The van der Waals surface area contributed by atoms with Gasteiger partial charge >= 0.3 is 0 Å². The smallest absolute Gasteiger partial charge is 0.0687 e. The molecule has 0 spiro atoms. The van der Waals surface area contributed by atoms with Crippen LogP contribution in [0.15, 0.2) is 0 Å². The van der Waals surface area contributed by atoms with Gasteiger partial charge in [-0.2, -0.15) is 5.26 Å². The molecule has 1 rings (SSSR count). The molecule has 0 aromatic heterocycles. The third-order valence-corrected chi connectivity index (χ3v) is 3.30. The summed E-state index contributed by atoms with van der Waals surface area (Å²) in [5, 5.41) is 8.82. The molecule has 1 saturated carbocycles. The Labute approximate surface area is 69.4 Å². The Balaban J connectivity index is 2.56. The molecular weight excluding hydrogens is 134 g/mol. The molecule has 1 fully saturated rings. The fourth-order valence-electron chi connectivity index (χ4n) is 2.43. The molecule has 1 heteroatoms. The van der Waals surface area contributed by atoms with Crippen LogP contribution >= 0.6 is 0 Å². The Morgan fingerprint density at radius 2 is 1.73 bits per heavy atom. The number of rotatable bonds is 2. The van der Waals surface area contributed by atoms with Crippen LogP contribution < -0.4 is 0 Å². The van der Waals surface area contributed by atoms with Gasteiger partial charge < -0.3 is 0 Å². The summed E-state index contributed by atoms with van der Waals surface area (Å²) >= 11 is 0. The number of nitriles is 1. The summed E-state index contributed by atoms with van der Waals surface area (Å²) in [5.41, 5.74) is 0.524. The first-order valence-corrected chi connectivity index (χ1v) is 4.51. The van der Waals surface area contributed by atoms with Crippen LogP contribution in [-0.4, -0.2) is 0 Å². The summed E-state index contributed by atoms with van der Waals surface area (Å²) in [6.45, 7) is 6.55. The van der Waals surface area contributed by atoms with Crippen molar-refractivity contribution < 1.29 is 0 Å². The van der Waals surface area contributed by atoms with E-state index < -0.39 is 0 Å². The van der Waals surface area contributed by atoms with E-state index in [0.717, 1.165) is 12.8 Å². The molecule has 0 saturated heterocycles. The van der Waals surface area contributed by atoms with Crippen LogP contribution in [0.25, 0.3) is 0 Å². The van der Waals surface area contributed by atoms with Gasteiger partial charge in [0.1, 0.15) is 0 Å². The number of nitrogens with zero attached hydrogens (tertiary/aromatic N) is 1. The van der Waals surface area contributed by atoms with Crippen LogP contribution in [-0.2, 0) is 0 Å². The number of hydrogen-bond donors (Lipinski definition) is 0. The van der Waals surface area contributed by atoms with Gasteiger partial charge in [0.05, 0.1) is 11.5 Å². The van der Waals surface area contributed by atoms with Crippen LogP contribution in [0.2, 0.25) is 0 Å². The molecule has 11 heavy (non-hydrogen) atoms. The summed E-state index contributed by atoms with van der Waals surface area (Å²) in [6.07, 6.45) is 4.70. The van der Waals surface area contributed by atoms with Crippen molar-refractivity contribution in [3.8, 4) is 6.07 Å². The van der Waals surface area contributed by atoms with Gasteiger partial charge in [-0.15, -0.1) is 0 Å². The highest BCUT2D eigenvalue weighted by Gasteiger charge is 2.49. The third kappa shape index (κ3) is 1.27. The van der Waals surface area contributed by atoms with E-state index in [1.807, 2.05) is 0 Å². The molecule has 0 aliphatic heterocycles. The van der Waals surface area contributed by atoms with Crippen LogP contribution in [0.5, 0.6) is 0 Å². The predicted octanol–water partition coefficient (Wildman–Crippen LogP) is 3.12. The van der Waals surface area contributed by atoms with Crippen molar-refractivity contribution >= 4 is 0 Å². The molecule has 0 atom stereocenters. The first-order valence-electron chi connectivity index (χ1n) is 4.51. The van der Waals surface area contributed by atoms with Crippen molar-refractivity contribution in [2.24, 2.45) is 10.8 Å². The molecule has 0 N–H and O–H groups in total. The van der Waals surface area contributed by atoms with Crippen LogP contribution in [0.4, 0.5) is 0 Å². The first-order chi connectivity index (χ1) is 5.10. The zero-order chi connectivity index (χ0) is 8.54. The molecule has 0 aromatic carbocycles. The number of hydrogen-bond acceptors (Lipinski definition) is 1. The summed E-state index contributed by atoms with van der Waals surface area (Å²) in [6, 6.07) is 2.40. The second kappa shape index (κ2) is 2.52. The second-order valence-corrected chi connectivity index (χ2v) is 4.23. The van der Waals surface area contributed by atoms with E-state index in [-0.39, 0.29) is 5.41 Å². The lowest BCUT2D eigenvalue weighted by Gasteiger charge is -2.51. The largest absolute Gasteiger partial charge is 0.198 e. The van der Waals surface area contributed by atoms with Gasteiger partial charge in [-0.3, -0.25) is 0 Å². The minimum Gasteiger partial charge on any atom is -0.198 e. The van der Waals surface area contributed by atoms with Gasteiger partial charge in [0.15, 0.2) is 0 Å². The van der Waals surface area contributed by atoms with Crippen molar-refractivity contribution in [3.63, 3.8) is 0 Å². The maximum atomic E-state index is 8.82. The quantitative estimate of drug-likeness (QED) is 0.595. The average molecular weight is 151 g/mol. The third-order valence-electron chi connectivity index (χ3n) is 3.30. The standard InChI is InChI=1S/C10H17N/c1-4-10(5-2)6-9(3,7-10)8-11/h4-7H2,1-3H3. The summed E-state index contributed by atoms with van der Waals surface area (Å²) in [5.74, 6) is 0. The van der Waals surface area contributed by atoms with Gasteiger partial charge in [0.25, 0.3) is 0 Å². The average Bonchev–Trinajstić information content (AvgIpc) is 1.98. The molecule has 0 aromatic rings. The minimum absolute atomic E-state index is 0.00597. The molecule has 1 aliphatic rings. The fourth-order valence-corrected chi connectivity index (χ4v) is 2.43. The van der Waals surface area contributed by atoms with Crippen LogP contribution in [0, 0.1) is 22.2 Å². The van der Waals surface area contributed by atoms with E-state index in [9.17, 15) is 0 Å². The normalized spacial score (nSPS) is 25.3. The van der Waals surface area contributed by atoms with Gasteiger partial charge in [-0.05, 0) is 25.2 Å². The molecule has 0 bridgehead atoms. The van der Waals surface area contributed by atoms with Gasteiger partial charge in [-0.1, -0.05) is 26.7 Å². The van der Waals surface area contributed by atoms with Gasteiger partial charge in [0.2, 0.25) is 0 Å². The van der Waals surface area contributed by atoms with Crippen LogP contribution in [0.1, 0.15) is 46.5 Å². The molecule has 0 radical (unpaired) electrons. The lowest BCUT2D eigenvalue weighted by Crippen LogP contribution is -2.43. The van der Waals surface area contributed by atoms with Crippen molar-refractivity contribution in [3.05, 3.63) is 0 Å². The fraction of sp³-hybridized carbons (Fsp3) is 0.900. The Kier molecular flexibility index (Phi) is 1.96. The van der Waals surface area contributed by atoms with Crippen molar-refractivity contribution in [2.45, 2.75) is 46.5 Å². The summed E-state index contributed by atoms with van der Waals surface area (Å²) < 4.78 is 0. The Bertz CT molecular complexity index is 176. The predicted molar refractivity (Wildman–Crippen MR) is 46.0 cm³/mol. The van der Waals surface area contributed by atoms with E-state index in [2.05, 4.69) is 26.8 Å². The van der Waals surface area contributed by atoms with Crippen molar-refractivity contribution in [1.82, 2.24) is 0 Å². The second-order valence-electron chi connectivity index (χ2n) is 4.23. The van der Waals surface area contributed by atoms with E-state index in [4.69, 9.17) is 5.26 Å². The molecule has 1 aliphatic carbocycles. The van der Waals surface area contributed by atoms with Crippen molar-refractivity contribution in [1.29, 1.82) is 5.26 Å². The lowest BCUT2D eigenvalue weighted by molar-refractivity contribution is 0.00759. The Hall–Kier alpha value is -0.510. The molecular formula is C10H17N. The highest BCUT2D eigenvalue weighted by Crippen LogP contribution is 2.57. The van der Waals surface area contributed by atoms with E-state index in [0.29, 0.717) is 5.41 Å². The maximum absolute atomic E-state index is 8.82. The van der Waals surface area contributed by atoms with Crippen LogP contribution in [0.3, 0.4) is 0 Å². The first kappa shape index (κ1) is 8.59. The topological polar surface area (TPSA) is 23.8 Å². The van der Waals surface area contributed by atoms with E-state index >= 15 is 0 Å². The van der Waals surface area contributed by atoms with E-state index in [1.165, 1.54) is 12.8 Å². The monoisotopic (exact) mass is 151 g/mol. The highest BCUT2D eigenvalue weighted by molar-refractivity contribution is 5.10. The molecule has 0 amide bonds. The van der Waals surface area contributed by atoms with Gasteiger partial charge in [0, 0.05) is 0 Å². The summed E-state index contributed by atoms with van der Waals surface area (Å²) in [7, 11) is 0. The molecule has 0 heterocycles. The zero-order valence-corrected chi connectivity index (χ0v) is 7.78. The zero-order valence-electron chi connectivity index (χ0n) is 7.78. The molecule has 0 unspecified atom stereocenters. The highest BCUT2D eigenvalue weighted by atomic mass is 14.5. The van der Waals surface area contributed by atoms with Crippen molar-refractivity contribution in [2.75, 3.05) is 0 Å². The molecule has 1 nitrogen and oxygen atoms in total. The Morgan fingerprint density at radius 3 is 2.00 bits per heavy atom. The molecule has 62 valence electrons. The summed E-state index contributed by atoms with van der Waals surface area (Å²) in [4.78, 5) is 0.